The molecule has 4 rings (SSSR count). The van der Waals surface area contributed by atoms with E-state index in [0.29, 0.717) is 6.42 Å². The molecule has 0 N–H and O–H groups in total. The standard InChI is InChI=1S/C23H20N2O/c1-17-9-8-12-19(15-17)22-21(16-18-10-4-2-5-11-18)23(26)25(24-22)20-13-6-3-7-14-20/h2-15,21H,16H2,1H3. The maximum atomic E-state index is 13.2. The average Bonchev–Trinajstić information content (AvgIpc) is 3.00. The zero-order chi connectivity index (χ0) is 17.9. The molecule has 0 aliphatic carbocycles. The first-order chi connectivity index (χ1) is 12.7. The van der Waals surface area contributed by atoms with E-state index in [4.69, 9.17) is 5.10 Å². The fraction of sp³-hybridized carbons (Fsp3) is 0.130. The largest absolute Gasteiger partial charge is 0.272 e. The third kappa shape index (κ3) is 3.16. The first-order valence-electron chi connectivity index (χ1n) is 8.81. The number of nitrogens with zero attached hydrogens (tertiary/aromatic N) is 2. The van der Waals surface area contributed by atoms with Gasteiger partial charge in [-0.1, -0.05) is 78.4 Å². The van der Waals surface area contributed by atoms with Crippen molar-refractivity contribution >= 4 is 17.3 Å². The zero-order valence-corrected chi connectivity index (χ0v) is 14.7. The molecule has 1 amide bonds. The highest BCUT2D eigenvalue weighted by Crippen LogP contribution is 2.29. The number of para-hydroxylation sites is 1. The number of hydrogen-bond donors (Lipinski definition) is 0. The fourth-order valence-corrected chi connectivity index (χ4v) is 3.34. The van der Waals surface area contributed by atoms with Gasteiger partial charge in [-0.3, -0.25) is 4.79 Å². The van der Waals surface area contributed by atoms with Crippen LogP contribution >= 0.6 is 0 Å². The van der Waals surface area contributed by atoms with Crippen LogP contribution in [0.4, 0.5) is 5.69 Å². The zero-order valence-electron chi connectivity index (χ0n) is 14.7. The summed E-state index contributed by atoms with van der Waals surface area (Å²) in [6.07, 6.45) is 0.649. The second-order valence-corrected chi connectivity index (χ2v) is 6.58. The van der Waals surface area contributed by atoms with Gasteiger partial charge in [0.15, 0.2) is 0 Å². The van der Waals surface area contributed by atoms with Crippen molar-refractivity contribution in [3.8, 4) is 0 Å². The normalized spacial score (nSPS) is 16.7. The molecular formula is C23H20N2O. The number of amides is 1. The van der Waals surface area contributed by atoms with Crippen molar-refractivity contribution in [2.24, 2.45) is 11.0 Å². The van der Waals surface area contributed by atoms with Crippen molar-refractivity contribution in [1.82, 2.24) is 0 Å². The van der Waals surface area contributed by atoms with E-state index in [9.17, 15) is 4.79 Å². The van der Waals surface area contributed by atoms with Gasteiger partial charge in [0, 0.05) is 0 Å². The quantitative estimate of drug-likeness (QED) is 0.683. The molecule has 3 nitrogen and oxygen atoms in total. The van der Waals surface area contributed by atoms with E-state index in [-0.39, 0.29) is 11.8 Å². The first-order valence-corrected chi connectivity index (χ1v) is 8.81. The van der Waals surface area contributed by atoms with Gasteiger partial charge >= 0.3 is 0 Å². The van der Waals surface area contributed by atoms with Crippen molar-refractivity contribution in [3.63, 3.8) is 0 Å². The number of anilines is 1. The maximum Gasteiger partial charge on any atom is 0.256 e. The number of aryl methyl sites for hydroxylation is 1. The van der Waals surface area contributed by atoms with Gasteiger partial charge < -0.3 is 0 Å². The summed E-state index contributed by atoms with van der Waals surface area (Å²) < 4.78 is 0. The van der Waals surface area contributed by atoms with E-state index in [1.54, 1.807) is 5.01 Å². The lowest BCUT2D eigenvalue weighted by Gasteiger charge is -2.14. The number of carbonyl (C=O) groups excluding carboxylic acids is 1. The first kappa shape index (κ1) is 16.3. The van der Waals surface area contributed by atoms with Crippen molar-refractivity contribution in [2.45, 2.75) is 13.3 Å². The molecule has 3 aromatic carbocycles. The minimum absolute atomic E-state index is 0.0246. The van der Waals surface area contributed by atoms with E-state index in [0.717, 1.165) is 28.1 Å². The molecule has 1 heterocycles. The van der Waals surface area contributed by atoms with E-state index in [1.165, 1.54) is 0 Å². The lowest BCUT2D eigenvalue weighted by Crippen LogP contribution is -2.29. The van der Waals surface area contributed by atoms with Crippen molar-refractivity contribution in [2.75, 3.05) is 5.01 Å². The summed E-state index contributed by atoms with van der Waals surface area (Å²) in [7, 11) is 0. The molecule has 1 atom stereocenters. The Hall–Kier alpha value is -3.20. The molecule has 1 unspecified atom stereocenters. The molecule has 0 aromatic heterocycles. The van der Waals surface area contributed by atoms with Gasteiger partial charge in [0.2, 0.25) is 0 Å². The van der Waals surface area contributed by atoms with Crippen LogP contribution in [-0.4, -0.2) is 11.6 Å². The van der Waals surface area contributed by atoms with Gasteiger partial charge in [0.1, 0.15) is 0 Å². The summed E-state index contributed by atoms with van der Waals surface area (Å²) in [5.74, 6) is -0.254. The van der Waals surface area contributed by atoms with Gasteiger partial charge in [-0.15, -0.1) is 0 Å². The van der Waals surface area contributed by atoms with Crippen LogP contribution < -0.4 is 5.01 Å². The molecule has 0 saturated carbocycles. The molecule has 26 heavy (non-hydrogen) atoms. The van der Waals surface area contributed by atoms with Gasteiger partial charge in [-0.2, -0.15) is 10.1 Å². The molecule has 0 spiro atoms. The summed E-state index contributed by atoms with van der Waals surface area (Å²) in [5.41, 5.74) is 4.96. The smallest absolute Gasteiger partial charge is 0.256 e. The number of hydrogen-bond acceptors (Lipinski definition) is 2. The minimum Gasteiger partial charge on any atom is -0.272 e. The van der Waals surface area contributed by atoms with Crippen LogP contribution in [0.2, 0.25) is 0 Å². The lowest BCUT2D eigenvalue weighted by atomic mass is 9.90. The Morgan fingerprint density at radius 3 is 2.27 bits per heavy atom. The minimum atomic E-state index is -0.278. The van der Waals surface area contributed by atoms with E-state index < -0.39 is 0 Å². The van der Waals surface area contributed by atoms with Gasteiger partial charge in [0.25, 0.3) is 5.91 Å². The summed E-state index contributed by atoms with van der Waals surface area (Å²) >= 11 is 0. The highest BCUT2D eigenvalue weighted by atomic mass is 16.2. The highest BCUT2D eigenvalue weighted by Gasteiger charge is 2.37. The average molecular weight is 340 g/mol. The van der Waals surface area contributed by atoms with E-state index in [2.05, 4.69) is 31.2 Å². The summed E-state index contributed by atoms with van der Waals surface area (Å²) in [6, 6.07) is 28.0. The van der Waals surface area contributed by atoms with Crippen LogP contribution in [0.15, 0.2) is 90.0 Å². The molecule has 0 radical (unpaired) electrons. The molecule has 3 aromatic rings. The molecule has 128 valence electrons. The summed E-state index contributed by atoms with van der Waals surface area (Å²) in [6.45, 7) is 2.06. The predicted octanol–water partition coefficient (Wildman–Crippen LogP) is 4.60. The van der Waals surface area contributed by atoms with Crippen LogP contribution in [0.5, 0.6) is 0 Å². The molecule has 0 bridgehead atoms. The Morgan fingerprint density at radius 1 is 0.885 bits per heavy atom. The number of hydrazone groups is 1. The topological polar surface area (TPSA) is 32.7 Å². The Morgan fingerprint density at radius 2 is 1.58 bits per heavy atom. The highest BCUT2D eigenvalue weighted by molar-refractivity contribution is 6.21. The van der Waals surface area contributed by atoms with Crippen LogP contribution in [0.25, 0.3) is 0 Å². The van der Waals surface area contributed by atoms with Crippen molar-refractivity contribution in [1.29, 1.82) is 0 Å². The predicted molar refractivity (Wildman–Crippen MR) is 105 cm³/mol. The molecule has 0 fully saturated rings. The van der Waals surface area contributed by atoms with Crippen molar-refractivity contribution < 1.29 is 4.79 Å². The fourth-order valence-electron chi connectivity index (χ4n) is 3.34. The molecule has 0 saturated heterocycles. The molecule has 3 heteroatoms. The molecule has 1 aliphatic rings. The Kier molecular flexibility index (Phi) is 4.36. The van der Waals surface area contributed by atoms with E-state index >= 15 is 0 Å². The maximum absolute atomic E-state index is 13.2. The number of benzene rings is 3. The number of carbonyl (C=O) groups is 1. The van der Waals surface area contributed by atoms with Crippen LogP contribution in [0, 0.1) is 12.8 Å². The second-order valence-electron chi connectivity index (χ2n) is 6.58. The summed E-state index contributed by atoms with van der Waals surface area (Å²) in [5, 5.41) is 6.28. The second kappa shape index (κ2) is 6.96. The van der Waals surface area contributed by atoms with Crippen LogP contribution in [-0.2, 0) is 11.2 Å². The summed E-state index contributed by atoms with van der Waals surface area (Å²) in [4.78, 5) is 13.2. The van der Waals surface area contributed by atoms with Crippen molar-refractivity contribution in [3.05, 3.63) is 102 Å². The van der Waals surface area contributed by atoms with Gasteiger partial charge in [-0.05, 0) is 36.6 Å². The monoisotopic (exact) mass is 340 g/mol. The molecule has 1 aliphatic heterocycles. The number of rotatable bonds is 4. The third-order valence-corrected chi connectivity index (χ3v) is 4.64. The van der Waals surface area contributed by atoms with Crippen LogP contribution in [0.3, 0.4) is 0 Å². The van der Waals surface area contributed by atoms with E-state index in [1.807, 2.05) is 60.7 Å². The Balaban J connectivity index is 1.75. The van der Waals surface area contributed by atoms with Gasteiger partial charge in [0.05, 0.1) is 17.3 Å². The molecular weight excluding hydrogens is 320 g/mol. The van der Waals surface area contributed by atoms with Crippen LogP contribution in [0.1, 0.15) is 16.7 Å². The third-order valence-electron chi connectivity index (χ3n) is 4.64. The SMILES string of the molecule is Cc1cccc(C2=NN(c3ccccc3)C(=O)C2Cc2ccccc2)c1. The lowest BCUT2D eigenvalue weighted by molar-refractivity contribution is -0.119. The Bertz CT molecular complexity index is 948. The Labute approximate surface area is 153 Å². The van der Waals surface area contributed by atoms with Gasteiger partial charge in [-0.25, -0.2) is 0 Å².